The van der Waals surface area contributed by atoms with E-state index >= 15 is 0 Å². The first-order valence-electron chi connectivity index (χ1n) is 6.74. The Hall–Kier alpha value is -2.18. The Kier molecular flexibility index (Phi) is 4.72. The van der Waals surface area contributed by atoms with Crippen LogP contribution in [0, 0.1) is 17.6 Å². The van der Waals surface area contributed by atoms with E-state index in [4.69, 9.17) is 5.11 Å². The highest BCUT2D eigenvalue weighted by atomic mass is 19.2. The fraction of sp³-hybridized carbons (Fsp3) is 0.429. The molecule has 2 amide bonds. The summed E-state index contributed by atoms with van der Waals surface area (Å²) in [5.41, 5.74) is -0.775. The monoisotopic (exact) mass is 298 g/mol. The molecule has 0 spiro atoms. The highest BCUT2D eigenvalue weighted by Gasteiger charge is 2.20. The molecule has 0 unspecified atom stereocenters. The van der Waals surface area contributed by atoms with Gasteiger partial charge in [0.05, 0.1) is 11.3 Å². The lowest BCUT2D eigenvalue weighted by molar-refractivity contribution is 0.0697. The number of carbonyl (C=O) groups excluding carboxylic acids is 1. The van der Waals surface area contributed by atoms with Gasteiger partial charge in [-0.15, -0.1) is 0 Å². The molecule has 1 saturated carbocycles. The van der Waals surface area contributed by atoms with Crippen molar-refractivity contribution < 1.29 is 23.5 Å². The Morgan fingerprint density at radius 1 is 1.24 bits per heavy atom. The van der Waals surface area contributed by atoms with Crippen LogP contribution in [0.25, 0.3) is 0 Å². The molecule has 1 aliphatic rings. The van der Waals surface area contributed by atoms with Gasteiger partial charge in [0.25, 0.3) is 0 Å². The van der Waals surface area contributed by atoms with E-state index in [1.54, 1.807) is 0 Å². The number of nitrogens with one attached hydrogen (secondary N) is 2. The van der Waals surface area contributed by atoms with Crippen LogP contribution in [-0.4, -0.2) is 23.7 Å². The molecule has 0 saturated heterocycles. The molecule has 1 fully saturated rings. The van der Waals surface area contributed by atoms with E-state index in [-0.39, 0.29) is 5.69 Å². The molecular weight excluding hydrogens is 282 g/mol. The van der Waals surface area contributed by atoms with Gasteiger partial charge < -0.3 is 15.7 Å². The van der Waals surface area contributed by atoms with Crippen LogP contribution in [0.3, 0.4) is 0 Å². The summed E-state index contributed by atoms with van der Waals surface area (Å²) in [7, 11) is 0. The highest BCUT2D eigenvalue weighted by Crippen LogP contribution is 2.33. The van der Waals surface area contributed by atoms with Crippen molar-refractivity contribution in [2.45, 2.75) is 25.7 Å². The molecule has 2 rings (SSSR count). The third-order valence-corrected chi connectivity index (χ3v) is 3.31. The number of carboxylic acids is 1. The van der Waals surface area contributed by atoms with E-state index in [1.165, 1.54) is 12.8 Å². The van der Waals surface area contributed by atoms with Crippen molar-refractivity contribution in [2.75, 3.05) is 11.9 Å². The molecular formula is C14H16F2N2O3. The second-order valence-corrected chi connectivity index (χ2v) is 5.08. The normalized spacial score (nSPS) is 13.8. The van der Waals surface area contributed by atoms with Gasteiger partial charge in [0, 0.05) is 12.6 Å². The lowest BCUT2D eigenvalue weighted by atomic mass is 10.1. The Labute approximate surface area is 120 Å². The van der Waals surface area contributed by atoms with E-state index in [0.29, 0.717) is 18.7 Å². The van der Waals surface area contributed by atoms with Gasteiger partial charge in [-0.25, -0.2) is 18.4 Å². The lowest BCUT2D eigenvalue weighted by Crippen LogP contribution is -2.30. The molecule has 0 aliphatic heterocycles. The number of benzene rings is 1. The largest absolute Gasteiger partial charge is 0.478 e. The van der Waals surface area contributed by atoms with Gasteiger partial charge in [0.1, 0.15) is 0 Å². The predicted octanol–water partition coefficient (Wildman–Crippen LogP) is 2.97. The zero-order chi connectivity index (χ0) is 15.4. The Balaban J connectivity index is 1.92. The Morgan fingerprint density at radius 3 is 2.52 bits per heavy atom. The maximum atomic E-state index is 13.1. The molecule has 0 radical (unpaired) electrons. The number of carbonyl (C=O) groups is 2. The minimum absolute atomic E-state index is 0.277. The number of halogens is 2. The third kappa shape index (κ3) is 4.40. The highest BCUT2D eigenvalue weighted by molar-refractivity contribution is 6.00. The molecule has 5 nitrogen and oxygen atoms in total. The molecule has 3 N–H and O–H groups in total. The number of urea groups is 1. The first kappa shape index (κ1) is 15.2. The van der Waals surface area contributed by atoms with Gasteiger partial charge in [0.2, 0.25) is 0 Å². The topological polar surface area (TPSA) is 78.4 Å². The molecule has 1 aliphatic carbocycles. The fourth-order valence-electron chi connectivity index (χ4n) is 1.99. The minimum Gasteiger partial charge on any atom is -0.478 e. The second-order valence-electron chi connectivity index (χ2n) is 5.08. The third-order valence-electron chi connectivity index (χ3n) is 3.31. The van der Waals surface area contributed by atoms with E-state index in [9.17, 15) is 18.4 Å². The van der Waals surface area contributed by atoms with Gasteiger partial charge in [-0.3, -0.25) is 0 Å². The van der Waals surface area contributed by atoms with Crippen LogP contribution in [0.2, 0.25) is 0 Å². The van der Waals surface area contributed by atoms with Gasteiger partial charge in [-0.2, -0.15) is 0 Å². The maximum Gasteiger partial charge on any atom is 0.337 e. The number of aromatic carboxylic acids is 1. The second kappa shape index (κ2) is 6.51. The average molecular weight is 298 g/mol. The molecule has 114 valence electrons. The zero-order valence-electron chi connectivity index (χ0n) is 11.3. The average Bonchev–Trinajstić information content (AvgIpc) is 3.22. The molecule has 0 heterocycles. The first-order chi connectivity index (χ1) is 9.97. The number of anilines is 1. The number of rotatable bonds is 6. The van der Waals surface area contributed by atoms with E-state index in [0.717, 1.165) is 18.8 Å². The SMILES string of the molecule is O=C(NCCCC1CC1)Nc1cc(F)c(F)cc1C(=O)O. The molecule has 1 aromatic rings. The van der Waals surface area contributed by atoms with Crippen molar-refractivity contribution in [3.05, 3.63) is 29.3 Å². The summed E-state index contributed by atoms with van der Waals surface area (Å²) in [6, 6.07) is 0.558. The summed E-state index contributed by atoms with van der Waals surface area (Å²) in [5, 5.41) is 13.7. The number of hydrogen-bond acceptors (Lipinski definition) is 2. The smallest absolute Gasteiger partial charge is 0.337 e. The first-order valence-corrected chi connectivity index (χ1v) is 6.74. The van der Waals surface area contributed by atoms with E-state index in [1.807, 2.05) is 0 Å². The van der Waals surface area contributed by atoms with E-state index < -0.39 is 29.2 Å². The molecule has 21 heavy (non-hydrogen) atoms. The number of carboxylic acid groups (broad SMARTS) is 1. The van der Waals surface area contributed by atoms with Gasteiger partial charge in [-0.05, 0) is 24.8 Å². The number of amides is 2. The Bertz CT molecular complexity index is 559. The van der Waals surface area contributed by atoms with Crippen molar-refractivity contribution in [3.63, 3.8) is 0 Å². The summed E-state index contributed by atoms with van der Waals surface area (Å²) < 4.78 is 26.2. The summed E-state index contributed by atoms with van der Waals surface area (Å²) in [5.74, 6) is -3.18. The van der Waals surface area contributed by atoms with Crippen molar-refractivity contribution in [3.8, 4) is 0 Å². The van der Waals surface area contributed by atoms with Gasteiger partial charge >= 0.3 is 12.0 Å². The van der Waals surface area contributed by atoms with Gasteiger partial charge in [0.15, 0.2) is 11.6 Å². The van der Waals surface area contributed by atoms with Crippen LogP contribution in [-0.2, 0) is 0 Å². The molecule has 0 atom stereocenters. The summed E-state index contributed by atoms with van der Waals surface area (Å²) in [4.78, 5) is 22.6. The van der Waals surface area contributed by atoms with Crippen molar-refractivity contribution >= 4 is 17.7 Å². The summed E-state index contributed by atoms with van der Waals surface area (Å²) in [6.45, 7) is 0.453. The van der Waals surface area contributed by atoms with Crippen molar-refractivity contribution in [1.82, 2.24) is 5.32 Å². The van der Waals surface area contributed by atoms with Crippen molar-refractivity contribution in [2.24, 2.45) is 5.92 Å². The maximum absolute atomic E-state index is 13.1. The van der Waals surface area contributed by atoms with Crippen LogP contribution in [0.15, 0.2) is 12.1 Å². The summed E-state index contributed by atoms with van der Waals surface area (Å²) >= 11 is 0. The van der Waals surface area contributed by atoms with Crippen LogP contribution >= 0.6 is 0 Å². The predicted molar refractivity (Wildman–Crippen MR) is 72.3 cm³/mol. The minimum atomic E-state index is -1.45. The quantitative estimate of drug-likeness (QED) is 0.706. The van der Waals surface area contributed by atoms with Gasteiger partial charge in [-0.1, -0.05) is 12.8 Å². The van der Waals surface area contributed by atoms with Crippen LogP contribution in [0.1, 0.15) is 36.0 Å². The lowest BCUT2D eigenvalue weighted by Gasteiger charge is -2.10. The standard InChI is InChI=1S/C14H16F2N2O3/c15-10-6-9(13(19)20)12(7-11(10)16)18-14(21)17-5-1-2-8-3-4-8/h6-8H,1-5H2,(H,19,20)(H2,17,18,21). The molecule has 0 bridgehead atoms. The Morgan fingerprint density at radius 2 is 1.90 bits per heavy atom. The fourth-order valence-corrected chi connectivity index (χ4v) is 1.99. The van der Waals surface area contributed by atoms with Crippen LogP contribution < -0.4 is 10.6 Å². The van der Waals surface area contributed by atoms with Crippen LogP contribution in [0.4, 0.5) is 19.3 Å². The van der Waals surface area contributed by atoms with Crippen molar-refractivity contribution in [1.29, 1.82) is 0 Å². The molecule has 1 aromatic carbocycles. The number of hydrogen-bond donors (Lipinski definition) is 3. The van der Waals surface area contributed by atoms with E-state index in [2.05, 4.69) is 10.6 Å². The molecule has 7 heteroatoms. The molecule has 0 aromatic heterocycles. The zero-order valence-corrected chi connectivity index (χ0v) is 11.3. The van der Waals surface area contributed by atoms with Crippen LogP contribution in [0.5, 0.6) is 0 Å². The summed E-state index contributed by atoms with van der Waals surface area (Å²) in [6.07, 6.45) is 4.36.